The van der Waals surface area contributed by atoms with Crippen LogP contribution in [0.5, 0.6) is 0 Å². The molecule has 7 nitrogen and oxygen atoms in total. The minimum Gasteiger partial charge on any atom is -0.328 e. The maximum absolute atomic E-state index is 12.5. The zero-order chi connectivity index (χ0) is 15.8. The molecule has 1 heterocycles. The van der Waals surface area contributed by atoms with Gasteiger partial charge in [-0.3, -0.25) is 10.1 Å². The van der Waals surface area contributed by atoms with Crippen molar-refractivity contribution in [2.75, 3.05) is 13.1 Å². The van der Waals surface area contributed by atoms with Crippen LogP contribution >= 0.6 is 11.6 Å². The first-order valence-corrected chi connectivity index (χ1v) is 8.25. The van der Waals surface area contributed by atoms with Crippen molar-refractivity contribution in [1.82, 2.24) is 4.31 Å². The summed E-state index contributed by atoms with van der Waals surface area (Å²) >= 11 is 5.90. The molecule has 0 aliphatic carbocycles. The van der Waals surface area contributed by atoms with Crippen LogP contribution in [0.3, 0.4) is 0 Å². The third kappa shape index (κ3) is 3.18. The molecule has 1 saturated heterocycles. The lowest BCUT2D eigenvalue weighted by molar-refractivity contribution is -0.384. The van der Waals surface area contributed by atoms with E-state index in [-0.39, 0.29) is 27.6 Å². The minimum atomic E-state index is -3.76. The van der Waals surface area contributed by atoms with Gasteiger partial charge < -0.3 is 5.73 Å². The molecule has 1 aromatic carbocycles. The van der Waals surface area contributed by atoms with E-state index in [1.807, 2.05) is 6.92 Å². The largest absolute Gasteiger partial charge is 0.328 e. The number of rotatable bonds is 4. The molecule has 2 N–H and O–H groups in total. The molecular weight excluding hydrogens is 318 g/mol. The molecule has 2 rings (SSSR count). The maximum atomic E-state index is 12.5. The molecule has 1 aliphatic heterocycles. The van der Waals surface area contributed by atoms with E-state index >= 15 is 0 Å². The minimum absolute atomic E-state index is 0.0856. The Hall–Kier alpha value is -1.22. The SMILES string of the molecule is CC(N)C1CCN(S(=O)(=O)c2ccc([N+](=O)[O-])cc2Cl)C1. The quantitative estimate of drug-likeness (QED) is 0.665. The van der Waals surface area contributed by atoms with Crippen LogP contribution < -0.4 is 5.73 Å². The molecule has 9 heteroatoms. The van der Waals surface area contributed by atoms with Crippen LogP contribution in [0.25, 0.3) is 0 Å². The van der Waals surface area contributed by atoms with Gasteiger partial charge >= 0.3 is 0 Å². The van der Waals surface area contributed by atoms with Crippen LogP contribution in [0.15, 0.2) is 23.1 Å². The summed E-state index contributed by atoms with van der Waals surface area (Å²) in [7, 11) is -3.76. The van der Waals surface area contributed by atoms with Crippen LogP contribution in [0, 0.1) is 16.0 Å². The zero-order valence-corrected chi connectivity index (χ0v) is 13.0. The van der Waals surface area contributed by atoms with Crippen molar-refractivity contribution in [3.05, 3.63) is 33.3 Å². The molecule has 0 aromatic heterocycles. The number of hydrogen-bond donors (Lipinski definition) is 1. The highest BCUT2D eigenvalue weighted by molar-refractivity contribution is 7.89. The molecular formula is C12H16ClN3O4S. The van der Waals surface area contributed by atoms with Gasteiger partial charge in [0.25, 0.3) is 5.69 Å². The van der Waals surface area contributed by atoms with E-state index in [1.165, 1.54) is 10.4 Å². The summed E-state index contributed by atoms with van der Waals surface area (Å²) in [5.74, 6) is 0.108. The Morgan fingerprint density at radius 3 is 2.67 bits per heavy atom. The fraction of sp³-hybridized carbons (Fsp3) is 0.500. The molecule has 2 unspecified atom stereocenters. The molecule has 1 aromatic rings. The van der Waals surface area contributed by atoms with Gasteiger partial charge in [0.15, 0.2) is 0 Å². The molecule has 0 amide bonds. The van der Waals surface area contributed by atoms with E-state index in [1.54, 1.807) is 0 Å². The average Bonchev–Trinajstić information content (AvgIpc) is 2.88. The number of halogens is 1. The van der Waals surface area contributed by atoms with Crippen LogP contribution in [0.2, 0.25) is 5.02 Å². The highest BCUT2D eigenvalue weighted by Gasteiger charge is 2.35. The van der Waals surface area contributed by atoms with E-state index in [0.717, 1.165) is 12.1 Å². The fourth-order valence-electron chi connectivity index (χ4n) is 2.35. The predicted octanol–water partition coefficient (Wildman–Crippen LogP) is 1.61. The predicted molar refractivity (Wildman–Crippen MR) is 78.6 cm³/mol. The summed E-state index contributed by atoms with van der Waals surface area (Å²) in [6.45, 7) is 2.56. The molecule has 0 saturated carbocycles. The molecule has 0 spiro atoms. The van der Waals surface area contributed by atoms with Crippen molar-refractivity contribution in [3.63, 3.8) is 0 Å². The third-order valence-corrected chi connectivity index (χ3v) is 6.02. The topological polar surface area (TPSA) is 107 Å². The molecule has 21 heavy (non-hydrogen) atoms. The molecule has 2 atom stereocenters. The van der Waals surface area contributed by atoms with Gasteiger partial charge in [0.2, 0.25) is 10.0 Å². The maximum Gasteiger partial charge on any atom is 0.271 e. The van der Waals surface area contributed by atoms with Crippen molar-refractivity contribution in [2.45, 2.75) is 24.3 Å². The summed E-state index contributed by atoms with van der Waals surface area (Å²) in [4.78, 5) is 9.93. The van der Waals surface area contributed by atoms with Gasteiger partial charge in [-0.15, -0.1) is 0 Å². The van der Waals surface area contributed by atoms with Gasteiger partial charge in [-0.1, -0.05) is 11.6 Å². The van der Waals surface area contributed by atoms with E-state index in [0.29, 0.717) is 19.5 Å². The molecule has 116 valence electrons. The number of sulfonamides is 1. The van der Waals surface area contributed by atoms with Crippen molar-refractivity contribution in [2.24, 2.45) is 11.7 Å². The standard InChI is InChI=1S/C12H16ClN3O4S/c1-8(14)9-4-5-15(7-9)21(19,20)12-3-2-10(16(17)18)6-11(12)13/h2-3,6,8-9H,4-5,7,14H2,1H3. The summed E-state index contributed by atoms with van der Waals surface area (Å²) in [5, 5.41) is 10.5. The van der Waals surface area contributed by atoms with Crippen molar-refractivity contribution in [3.8, 4) is 0 Å². The summed E-state index contributed by atoms with van der Waals surface area (Å²) < 4.78 is 26.4. The van der Waals surface area contributed by atoms with Gasteiger partial charge in [0.05, 0.1) is 9.95 Å². The second-order valence-electron chi connectivity index (χ2n) is 5.14. The molecule has 1 aliphatic rings. The van der Waals surface area contributed by atoms with Crippen molar-refractivity contribution in [1.29, 1.82) is 0 Å². The Kier molecular flexibility index (Phi) is 4.52. The lowest BCUT2D eigenvalue weighted by Crippen LogP contribution is -2.33. The normalized spacial score (nSPS) is 21.4. The van der Waals surface area contributed by atoms with Gasteiger partial charge in [-0.2, -0.15) is 4.31 Å². The molecule has 0 radical (unpaired) electrons. The van der Waals surface area contributed by atoms with Crippen molar-refractivity contribution >= 4 is 27.3 Å². The lowest BCUT2D eigenvalue weighted by atomic mass is 10.0. The number of hydrogen-bond acceptors (Lipinski definition) is 5. The summed E-state index contributed by atoms with van der Waals surface area (Å²) in [5.41, 5.74) is 5.56. The lowest BCUT2D eigenvalue weighted by Gasteiger charge is -2.18. The number of non-ortho nitro benzene ring substituents is 1. The van der Waals surface area contributed by atoms with Crippen LogP contribution in [0.4, 0.5) is 5.69 Å². The van der Waals surface area contributed by atoms with Crippen molar-refractivity contribution < 1.29 is 13.3 Å². The molecule has 0 bridgehead atoms. The number of benzene rings is 1. The average molecular weight is 334 g/mol. The van der Waals surface area contributed by atoms with Gasteiger partial charge in [0.1, 0.15) is 4.90 Å². The van der Waals surface area contributed by atoms with E-state index in [2.05, 4.69) is 0 Å². The Balaban J connectivity index is 2.31. The zero-order valence-electron chi connectivity index (χ0n) is 11.4. The number of nitrogens with zero attached hydrogens (tertiary/aromatic N) is 2. The van der Waals surface area contributed by atoms with Gasteiger partial charge in [-0.05, 0) is 25.3 Å². The Morgan fingerprint density at radius 1 is 1.52 bits per heavy atom. The van der Waals surface area contributed by atoms with E-state index < -0.39 is 14.9 Å². The van der Waals surface area contributed by atoms with Crippen LogP contribution in [-0.2, 0) is 10.0 Å². The smallest absolute Gasteiger partial charge is 0.271 e. The second-order valence-corrected chi connectivity index (χ2v) is 7.46. The van der Waals surface area contributed by atoms with E-state index in [4.69, 9.17) is 17.3 Å². The first kappa shape index (κ1) is 16.2. The summed E-state index contributed by atoms with van der Waals surface area (Å²) in [6, 6.07) is 3.28. The fourth-order valence-corrected chi connectivity index (χ4v) is 4.38. The van der Waals surface area contributed by atoms with Crippen LogP contribution in [-0.4, -0.2) is 36.8 Å². The second kappa shape index (κ2) is 5.88. The Morgan fingerprint density at radius 2 is 2.19 bits per heavy atom. The third-order valence-electron chi connectivity index (χ3n) is 3.68. The number of nitrogens with two attached hydrogens (primary N) is 1. The highest BCUT2D eigenvalue weighted by atomic mass is 35.5. The highest BCUT2D eigenvalue weighted by Crippen LogP contribution is 2.31. The van der Waals surface area contributed by atoms with E-state index in [9.17, 15) is 18.5 Å². The Bertz CT molecular complexity index is 662. The summed E-state index contributed by atoms with van der Waals surface area (Å²) in [6.07, 6.45) is 0.696. The van der Waals surface area contributed by atoms with Gasteiger partial charge in [-0.25, -0.2) is 8.42 Å². The Labute approximate surface area is 127 Å². The van der Waals surface area contributed by atoms with Crippen LogP contribution in [0.1, 0.15) is 13.3 Å². The van der Waals surface area contributed by atoms with Gasteiger partial charge in [0, 0.05) is 31.3 Å². The first-order valence-electron chi connectivity index (χ1n) is 6.43. The monoisotopic (exact) mass is 333 g/mol. The first-order chi connectivity index (χ1) is 9.73. The number of nitro groups is 1. The molecule has 1 fully saturated rings. The number of nitro benzene ring substituents is 1.